The number of hydrogen-bond donors (Lipinski definition) is 1. The predicted octanol–water partition coefficient (Wildman–Crippen LogP) is 3.43. The van der Waals surface area contributed by atoms with Crippen molar-refractivity contribution < 1.29 is 12.8 Å². The van der Waals surface area contributed by atoms with Crippen molar-refractivity contribution in [3.63, 3.8) is 0 Å². The van der Waals surface area contributed by atoms with Gasteiger partial charge in [0.15, 0.2) is 0 Å². The lowest BCUT2D eigenvalue weighted by molar-refractivity contribution is 0.270. The Labute approximate surface area is 127 Å². The molecule has 4 nitrogen and oxygen atoms in total. The number of piperidine rings is 1. The zero-order valence-corrected chi connectivity index (χ0v) is 13.9. The van der Waals surface area contributed by atoms with E-state index in [1.807, 2.05) is 6.92 Å². The summed E-state index contributed by atoms with van der Waals surface area (Å²) >= 11 is 3.08. The highest BCUT2D eigenvalue weighted by atomic mass is 79.9. The first-order valence-electron chi connectivity index (χ1n) is 6.56. The molecule has 1 fully saturated rings. The Hall–Kier alpha value is -0.660. The standard InChI is InChI=1S/C13H18BrFN2O2S/c1-9-7-11(14)12(15)8-13(9)16-20(18,19)17-6-4-3-5-10(17)2/h7-8,10,16H,3-6H2,1-2H3. The Morgan fingerprint density at radius 2 is 2.10 bits per heavy atom. The van der Waals surface area contributed by atoms with Crippen LogP contribution >= 0.6 is 15.9 Å². The van der Waals surface area contributed by atoms with Crippen molar-refractivity contribution in [3.05, 3.63) is 28.0 Å². The van der Waals surface area contributed by atoms with E-state index < -0.39 is 16.0 Å². The molecule has 1 saturated heterocycles. The third-order valence-electron chi connectivity index (χ3n) is 3.56. The fourth-order valence-corrected chi connectivity index (χ4v) is 4.40. The van der Waals surface area contributed by atoms with Gasteiger partial charge in [-0.1, -0.05) is 6.42 Å². The van der Waals surface area contributed by atoms with Crippen LogP contribution in [0.5, 0.6) is 0 Å². The number of halogens is 2. The molecule has 112 valence electrons. The average Bonchev–Trinajstić information content (AvgIpc) is 2.36. The number of anilines is 1. The van der Waals surface area contributed by atoms with E-state index in [-0.39, 0.29) is 11.7 Å². The lowest BCUT2D eigenvalue weighted by Gasteiger charge is -2.32. The van der Waals surface area contributed by atoms with Gasteiger partial charge in [-0.15, -0.1) is 0 Å². The van der Waals surface area contributed by atoms with Gasteiger partial charge in [0, 0.05) is 12.6 Å². The maximum atomic E-state index is 13.6. The number of nitrogens with zero attached hydrogens (tertiary/aromatic N) is 1. The van der Waals surface area contributed by atoms with E-state index in [0.29, 0.717) is 16.6 Å². The van der Waals surface area contributed by atoms with E-state index >= 15 is 0 Å². The molecule has 1 unspecified atom stereocenters. The molecule has 0 aliphatic carbocycles. The summed E-state index contributed by atoms with van der Waals surface area (Å²) in [5.41, 5.74) is 0.954. The highest BCUT2D eigenvalue weighted by Gasteiger charge is 2.29. The van der Waals surface area contributed by atoms with E-state index in [0.717, 1.165) is 19.3 Å². The molecule has 1 aromatic rings. The molecule has 1 aliphatic heterocycles. The Kier molecular flexibility index (Phi) is 4.71. The number of hydrogen-bond acceptors (Lipinski definition) is 2. The zero-order chi connectivity index (χ0) is 14.9. The van der Waals surface area contributed by atoms with E-state index in [9.17, 15) is 12.8 Å². The highest BCUT2D eigenvalue weighted by molar-refractivity contribution is 9.10. The lowest BCUT2D eigenvalue weighted by Crippen LogP contribution is -2.44. The molecule has 0 spiro atoms. The molecular formula is C13H18BrFN2O2S. The van der Waals surface area contributed by atoms with Crippen molar-refractivity contribution in [3.8, 4) is 0 Å². The van der Waals surface area contributed by atoms with Gasteiger partial charge in [0.25, 0.3) is 0 Å². The molecular weight excluding hydrogens is 347 g/mol. The van der Waals surface area contributed by atoms with Gasteiger partial charge in [0.1, 0.15) is 5.82 Å². The maximum Gasteiger partial charge on any atom is 0.301 e. The van der Waals surface area contributed by atoms with Crippen molar-refractivity contribution in [2.24, 2.45) is 0 Å². The summed E-state index contributed by atoms with van der Waals surface area (Å²) in [6.45, 7) is 4.14. The topological polar surface area (TPSA) is 49.4 Å². The molecule has 0 amide bonds. The number of aryl methyl sites for hydroxylation is 1. The summed E-state index contributed by atoms with van der Waals surface area (Å²) in [6, 6.07) is 2.74. The summed E-state index contributed by atoms with van der Waals surface area (Å²) in [7, 11) is -3.64. The maximum absolute atomic E-state index is 13.6. The smallest absolute Gasteiger partial charge is 0.271 e. The van der Waals surface area contributed by atoms with Crippen LogP contribution in [0.4, 0.5) is 10.1 Å². The van der Waals surface area contributed by atoms with Crippen LogP contribution in [0.15, 0.2) is 16.6 Å². The van der Waals surface area contributed by atoms with Gasteiger partial charge in [-0.25, -0.2) is 4.39 Å². The molecule has 20 heavy (non-hydrogen) atoms. The van der Waals surface area contributed by atoms with Crippen molar-refractivity contribution in [2.45, 2.75) is 39.2 Å². The number of rotatable bonds is 3. The first-order chi connectivity index (χ1) is 9.31. The van der Waals surface area contributed by atoms with Crippen molar-refractivity contribution in [2.75, 3.05) is 11.3 Å². The lowest BCUT2D eigenvalue weighted by atomic mass is 10.1. The van der Waals surface area contributed by atoms with Crippen LogP contribution in [0, 0.1) is 12.7 Å². The minimum Gasteiger partial charge on any atom is -0.271 e. The molecule has 1 heterocycles. The van der Waals surface area contributed by atoms with Gasteiger partial charge in [0.2, 0.25) is 0 Å². The molecule has 1 aliphatic rings. The van der Waals surface area contributed by atoms with E-state index in [2.05, 4.69) is 20.7 Å². The van der Waals surface area contributed by atoms with E-state index in [1.54, 1.807) is 13.0 Å². The second kappa shape index (κ2) is 5.99. The summed E-state index contributed by atoms with van der Waals surface area (Å²) < 4.78 is 42.6. The quantitative estimate of drug-likeness (QED) is 0.892. The van der Waals surface area contributed by atoms with Crippen LogP contribution in [0.3, 0.4) is 0 Å². The summed E-state index contributed by atoms with van der Waals surface area (Å²) in [5, 5.41) is 0. The third-order valence-corrected chi connectivity index (χ3v) is 5.80. The van der Waals surface area contributed by atoms with Gasteiger partial charge in [0.05, 0.1) is 10.2 Å². The molecule has 0 aromatic heterocycles. The Balaban J connectivity index is 2.26. The fourth-order valence-electron chi connectivity index (χ4n) is 2.38. The normalized spacial score (nSPS) is 20.9. The molecule has 1 N–H and O–H groups in total. The fraction of sp³-hybridized carbons (Fsp3) is 0.538. The predicted molar refractivity (Wildman–Crippen MR) is 81.4 cm³/mol. The molecule has 1 aromatic carbocycles. The average molecular weight is 365 g/mol. The number of nitrogens with one attached hydrogen (secondary N) is 1. The summed E-state index contributed by atoms with van der Waals surface area (Å²) in [6.07, 6.45) is 2.76. The van der Waals surface area contributed by atoms with Crippen molar-refractivity contribution in [1.82, 2.24) is 4.31 Å². The first kappa shape index (κ1) is 15.7. The zero-order valence-electron chi connectivity index (χ0n) is 11.5. The molecule has 0 bridgehead atoms. The van der Waals surface area contributed by atoms with Crippen LogP contribution in [0.25, 0.3) is 0 Å². The number of benzene rings is 1. The van der Waals surface area contributed by atoms with Crippen molar-refractivity contribution >= 4 is 31.8 Å². The van der Waals surface area contributed by atoms with Gasteiger partial charge in [-0.3, -0.25) is 4.72 Å². The monoisotopic (exact) mass is 364 g/mol. The van der Waals surface area contributed by atoms with Gasteiger partial charge in [-0.05, 0) is 60.3 Å². The van der Waals surface area contributed by atoms with Crippen LogP contribution in [0.1, 0.15) is 31.7 Å². The Morgan fingerprint density at radius 3 is 2.75 bits per heavy atom. The molecule has 7 heteroatoms. The summed E-state index contributed by atoms with van der Waals surface area (Å²) in [4.78, 5) is 0. The minimum atomic E-state index is -3.64. The second-order valence-corrected chi connectivity index (χ2v) is 7.62. The van der Waals surface area contributed by atoms with E-state index in [1.165, 1.54) is 10.4 Å². The third kappa shape index (κ3) is 3.32. The molecule has 0 radical (unpaired) electrons. The molecule has 2 rings (SSSR count). The van der Waals surface area contributed by atoms with Crippen LogP contribution in [-0.2, 0) is 10.2 Å². The van der Waals surface area contributed by atoms with Crippen LogP contribution < -0.4 is 4.72 Å². The van der Waals surface area contributed by atoms with Gasteiger partial charge >= 0.3 is 10.2 Å². The molecule has 0 saturated carbocycles. The Morgan fingerprint density at radius 1 is 1.40 bits per heavy atom. The van der Waals surface area contributed by atoms with Crippen LogP contribution in [-0.4, -0.2) is 25.3 Å². The van der Waals surface area contributed by atoms with Crippen LogP contribution in [0.2, 0.25) is 0 Å². The minimum absolute atomic E-state index is 0.0261. The van der Waals surface area contributed by atoms with E-state index in [4.69, 9.17) is 0 Å². The first-order valence-corrected chi connectivity index (χ1v) is 8.80. The largest absolute Gasteiger partial charge is 0.301 e. The van der Waals surface area contributed by atoms with Gasteiger partial charge < -0.3 is 0 Å². The molecule has 1 atom stereocenters. The van der Waals surface area contributed by atoms with Gasteiger partial charge in [-0.2, -0.15) is 12.7 Å². The highest BCUT2D eigenvalue weighted by Crippen LogP contribution is 2.27. The summed E-state index contributed by atoms with van der Waals surface area (Å²) in [5.74, 6) is -0.486. The second-order valence-electron chi connectivity index (χ2n) is 5.14. The SMILES string of the molecule is Cc1cc(Br)c(F)cc1NS(=O)(=O)N1CCCCC1C. The Bertz CT molecular complexity index is 607. The van der Waals surface area contributed by atoms with Crippen molar-refractivity contribution in [1.29, 1.82) is 0 Å².